The van der Waals surface area contributed by atoms with E-state index in [1.807, 2.05) is 6.08 Å². The highest BCUT2D eigenvalue weighted by Crippen LogP contribution is 2.16. The molecule has 0 saturated carbocycles. The fourth-order valence-electron chi connectivity index (χ4n) is 1.00. The Morgan fingerprint density at radius 1 is 1.78 bits per heavy atom. The van der Waals surface area contributed by atoms with Gasteiger partial charge in [-0.2, -0.15) is 0 Å². The number of aliphatic hydroxyl groups is 1. The molecule has 0 aliphatic heterocycles. The number of aliphatic hydroxyl groups excluding tert-OH is 1. The third-order valence-electron chi connectivity index (χ3n) is 1.52. The van der Waals surface area contributed by atoms with Gasteiger partial charge in [0, 0.05) is 13.0 Å². The molecule has 0 aromatic heterocycles. The van der Waals surface area contributed by atoms with Crippen molar-refractivity contribution in [1.29, 1.82) is 0 Å². The van der Waals surface area contributed by atoms with Crippen molar-refractivity contribution in [1.82, 2.24) is 0 Å². The quantitative estimate of drug-likeness (QED) is 0.585. The molecule has 0 fully saturated rings. The Hall–Kier alpha value is -0.630. The lowest BCUT2D eigenvalue weighted by atomic mass is 10.1. The first-order valence-electron chi connectivity index (χ1n) is 3.15. The van der Waals surface area contributed by atoms with E-state index in [0.717, 1.165) is 6.42 Å². The van der Waals surface area contributed by atoms with Gasteiger partial charge >= 0.3 is 0 Å². The van der Waals surface area contributed by atoms with Crippen LogP contribution < -0.4 is 0 Å². The average Bonchev–Trinajstić information content (AvgIpc) is 2.17. The summed E-state index contributed by atoms with van der Waals surface area (Å²) in [5.41, 5.74) is 0. The predicted octanol–water partition coefficient (Wildman–Crippen LogP) is 0.514. The molecule has 9 heavy (non-hydrogen) atoms. The lowest BCUT2D eigenvalue weighted by molar-refractivity contribution is -0.114. The van der Waals surface area contributed by atoms with Gasteiger partial charge in [0.05, 0.1) is 0 Å². The summed E-state index contributed by atoms with van der Waals surface area (Å²) in [6.07, 6.45) is 4.79. The fraction of sp³-hybridized carbons (Fsp3) is 0.571. The Kier molecular flexibility index (Phi) is 2.01. The van der Waals surface area contributed by atoms with E-state index in [1.54, 1.807) is 6.08 Å². The van der Waals surface area contributed by atoms with E-state index < -0.39 is 0 Å². The first-order valence-corrected chi connectivity index (χ1v) is 3.15. The Balaban J connectivity index is 2.32. The standard InChI is InChI=1S/C7H10O2/c8-4-3-6-1-2-7(9)5-6/h1-2,6,8H,3-5H2. The maximum Gasteiger partial charge on any atom is 0.155 e. The Morgan fingerprint density at radius 2 is 2.56 bits per heavy atom. The van der Waals surface area contributed by atoms with Crippen molar-refractivity contribution >= 4 is 5.78 Å². The highest BCUT2D eigenvalue weighted by Gasteiger charge is 2.14. The molecule has 0 bridgehead atoms. The molecule has 0 amide bonds. The van der Waals surface area contributed by atoms with Gasteiger partial charge < -0.3 is 5.11 Å². The van der Waals surface area contributed by atoms with E-state index in [0.29, 0.717) is 12.3 Å². The zero-order valence-corrected chi connectivity index (χ0v) is 5.21. The zero-order chi connectivity index (χ0) is 6.69. The van der Waals surface area contributed by atoms with Crippen molar-refractivity contribution in [2.75, 3.05) is 6.61 Å². The summed E-state index contributed by atoms with van der Waals surface area (Å²) in [5, 5.41) is 8.47. The van der Waals surface area contributed by atoms with Crippen LogP contribution in [0.1, 0.15) is 12.8 Å². The van der Waals surface area contributed by atoms with Crippen molar-refractivity contribution in [3.8, 4) is 0 Å². The van der Waals surface area contributed by atoms with Crippen LogP contribution in [0.25, 0.3) is 0 Å². The summed E-state index contributed by atoms with van der Waals surface area (Å²) >= 11 is 0. The molecule has 1 N–H and O–H groups in total. The minimum Gasteiger partial charge on any atom is -0.396 e. The summed E-state index contributed by atoms with van der Waals surface area (Å²) in [5.74, 6) is 0.496. The first kappa shape index (κ1) is 6.49. The van der Waals surface area contributed by atoms with Crippen LogP contribution in [0, 0.1) is 5.92 Å². The third-order valence-corrected chi connectivity index (χ3v) is 1.52. The van der Waals surface area contributed by atoms with Crippen LogP contribution in [0.15, 0.2) is 12.2 Å². The van der Waals surface area contributed by atoms with Gasteiger partial charge in [-0.25, -0.2) is 0 Å². The largest absolute Gasteiger partial charge is 0.396 e. The lowest BCUT2D eigenvalue weighted by Crippen LogP contribution is -1.98. The fourth-order valence-corrected chi connectivity index (χ4v) is 1.00. The van der Waals surface area contributed by atoms with Gasteiger partial charge in [0.2, 0.25) is 0 Å². The molecule has 0 spiro atoms. The molecule has 1 rings (SSSR count). The topological polar surface area (TPSA) is 37.3 Å². The molecule has 50 valence electrons. The van der Waals surface area contributed by atoms with E-state index >= 15 is 0 Å². The maximum atomic E-state index is 10.6. The number of carbonyl (C=O) groups is 1. The van der Waals surface area contributed by atoms with Crippen molar-refractivity contribution in [2.24, 2.45) is 5.92 Å². The van der Waals surface area contributed by atoms with E-state index in [4.69, 9.17) is 5.11 Å². The molecule has 0 aromatic carbocycles. The molecular weight excluding hydrogens is 116 g/mol. The Labute approximate surface area is 54.2 Å². The smallest absolute Gasteiger partial charge is 0.155 e. The normalized spacial score (nSPS) is 25.4. The zero-order valence-electron chi connectivity index (χ0n) is 5.21. The first-order chi connectivity index (χ1) is 4.33. The van der Waals surface area contributed by atoms with Crippen molar-refractivity contribution < 1.29 is 9.90 Å². The van der Waals surface area contributed by atoms with E-state index in [-0.39, 0.29) is 12.4 Å². The summed E-state index contributed by atoms with van der Waals surface area (Å²) in [4.78, 5) is 10.6. The SMILES string of the molecule is O=C1C=CC(CCO)C1. The summed E-state index contributed by atoms with van der Waals surface area (Å²) in [7, 11) is 0. The van der Waals surface area contributed by atoms with Crippen LogP contribution in [0.4, 0.5) is 0 Å². The van der Waals surface area contributed by atoms with Gasteiger partial charge in [0.15, 0.2) is 5.78 Å². The summed E-state index contributed by atoms with van der Waals surface area (Å²) in [6, 6.07) is 0. The van der Waals surface area contributed by atoms with Gasteiger partial charge in [-0.3, -0.25) is 4.79 Å². The number of allylic oxidation sites excluding steroid dienone is 2. The number of hydrogen-bond acceptors (Lipinski definition) is 2. The second-order valence-corrected chi connectivity index (χ2v) is 2.30. The highest BCUT2D eigenvalue weighted by molar-refractivity contribution is 5.92. The van der Waals surface area contributed by atoms with Crippen LogP contribution >= 0.6 is 0 Å². The van der Waals surface area contributed by atoms with Gasteiger partial charge in [0.1, 0.15) is 0 Å². The van der Waals surface area contributed by atoms with Gasteiger partial charge in [0.25, 0.3) is 0 Å². The number of hydrogen-bond donors (Lipinski definition) is 1. The highest BCUT2D eigenvalue weighted by atomic mass is 16.3. The second kappa shape index (κ2) is 2.78. The molecule has 2 nitrogen and oxygen atoms in total. The molecule has 1 aliphatic rings. The number of carbonyl (C=O) groups excluding carboxylic acids is 1. The van der Waals surface area contributed by atoms with Gasteiger partial charge in [-0.1, -0.05) is 6.08 Å². The molecule has 0 radical (unpaired) electrons. The third kappa shape index (κ3) is 1.64. The summed E-state index contributed by atoms with van der Waals surface area (Å²) in [6.45, 7) is 0.183. The molecule has 0 aromatic rings. The molecule has 1 aliphatic carbocycles. The molecular formula is C7H10O2. The van der Waals surface area contributed by atoms with Crippen molar-refractivity contribution in [2.45, 2.75) is 12.8 Å². The van der Waals surface area contributed by atoms with E-state index in [2.05, 4.69) is 0 Å². The van der Waals surface area contributed by atoms with Crippen molar-refractivity contribution in [3.05, 3.63) is 12.2 Å². The van der Waals surface area contributed by atoms with Crippen LogP contribution in [0.5, 0.6) is 0 Å². The minimum absolute atomic E-state index is 0.183. The molecule has 1 unspecified atom stereocenters. The molecule has 1 atom stereocenters. The second-order valence-electron chi connectivity index (χ2n) is 2.30. The van der Waals surface area contributed by atoms with E-state index in [9.17, 15) is 4.79 Å². The number of rotatable bonds is 2. The van der Waals surface area contributed by atoms with Crippen LogP contribution in [-0.2, 0) is 4.79 Å². The number of ketones is 1. The lowest BCUT2D eigenvalue weighted by Gasteiger charge is -2.00. The van der Waals surface area contributed by atoms with Crippen LogP contribution in [-0.4, -0.2) is 17.5 Å². The monoisotopic (exact) mass is 126 g/mol. The summed E-state index contributed by atoms with van der Waals surface area (Å²) < 4.78 is 0. The van der Waals surface area contributed by atoms with Crippen LogP contribution in [0.2, 0.25) is 0 Å². The van der Waals surface area contributed by atoms with Gasteiger partial charge in [-0.05, 0) is 18.4 Å². The molecule has 0 saturated heterocycles. The predicted molar refractivity (Wildman–Crippen MR) is 34.0 cm³/mol. The van der Waals surface area contributed by atoms with Crippen molar-refractivity contribution in [3.63, 3.8) is 0 Å². The maximum absolute atomic E-state index is 10.6. The average molecular weight is 126 g/mol. The van der Waals surface area contributed by atoms with Crippen LogP contribution in [0.3, 0.4) is 0 Å². The molecule has 2 heteroatoms. The van der Waals surface area contributed by atoms with Gasteiger partial charge in [-0.15, -0.1) is 0 Å². The minimum atomic E-state index is 0.183. The Bertz CT molecular complexity index is 138. The van der Waals surface area contributed by atoms with E-state index in [1.165, 1.54) is 0 Å². The Morgan fingerprint density at radius 3 is 3.00 bits per heavy atom. The molecule has 0 heterocycles.